The van der Waals surface area contributed by atoms with Gasteiger partial charge in [-0.2, -0.15) is 0 Å². The molecule has 1 aliphatic heterocycles. The van der Waals surface area contributed by atoms with Crippen molar-refractivity contribution >= 4 is 29.2 Å². The molecule has 1 N–H and O–H groups in total. The molecule has 0 saturated carbocycles. The lowest BCUT2D eigenvalue weighted by atomic mass is 10.2. The zero-order valence-corrected chi connectivity index (χ0v) is 9.32. The van der Waals surface area contributed by atoms with Crippen LogP contribution in [-0.2, 0) is 6.42 Å². The van der Waals surface area contributed by atoms with Crippen molar-refractivity contribution in [3.8, 4) is 0 Å². The summed E-state index contributed by atoms with van der Waals surface area (Å²) < 4.78 is 0. The van der Waals surface area contributed by atoms with Gasteiger partial charge in [0.25, 0.3) is 0 Å². The number of fused-ring (bicyclic) bond motifs is 1. The van der Waals surface area contributed by atoms with Crippen LogP contribution in [0, 0.1) is 0 Å². The summed E-state index contributed by atoms with van der Waals surface area (Å²) in [4.78, 5) is 8.56. The van der Waals surface area contributed by atoms with Gasteiger partial charge < -0.3 is 5.32 Å². The van der Waals surface area contributed by atoms with Gasteiger partial charge in [0.05, 0.1) is 0 Å². The summed E-state index contributed by atoms with van der Waals surface area (Å²) in [6.07, 6.45) is 6.88. The van der Waals surface area contributed by atoms with Crippen LogP contribution in [0.15, 0.2) is 17.3 Å². The van der Waals surface area contributed by atoms with Gasteiger partial charge in [0.15, 0.2) is 5.16 Å². The maximum atomic E-state index is 6.06. The zero-order chi connectivity index (χ0) is 9.97. The van der Waals surface area contributed by atoms with E-state index >= 15 is 0 Å². The van der Waals surface area contributed by atoms with Gasteiger partial charge in [0, 0.05) is 12.1 Å². The van der Waals surface area contributed by atoms with Crippen LogP contribution in [0.25, 0.3) is 0 Å². The normalized spacial score (nSPS) is 14.4. The molecule has 0 aliphatic carbocycles. The van der Waals surface area contributed by atoms with Gasteiger partial charge in [-0.05, 0) is 12.7 Å². The lowest BCUT2D eigenvalue weighted by Gasteiger charge is -2.08. The highest BCUT2D eigenvalue weighted by Crippen LogP contribution is 2.25. The number of nitrogens with zero attached hydrogens (tertiary/aromatic N) is 2. The third-order valence-corrected chi connectivity index (χ3v) is 2.86. The number of thioether (sulfide) groups is 1. The molecule has 5 heteroatoms. The van der Waals surface area contributed by atoms with Gasteiger partial charge in [-0.1, -0.05) is 35.5 Å². The van der Waals surface area contributed by atoms with Crippen LogP contribution in [0.2, 0.25) is 5.15 Å². The first-order valence-corrected chi connectivity index (χ1v) is 5.91. The van der Waals surface area contributed by atoms with Crippen molar-refractivity contribution in [2.75, 3.05) is 18.1 Å². The molecule has 0 saturated heterocycles. The second-order valence-electron chi connectivity index (χ2n) is 2.88. The van der Waals surface area contributed by atoms with Gasteiger partial charge in [-0.3, -0.25) is 0 Å². The first-order valence-electron chi connectivity index (χ1n) is 4.30. The Morgan fingerprint density at radius 1 is 1.43 bits per heavy atom. The van der Waals surface area contributed by atoms with Crippen LogP contribution in [0.3, 0.4) is 0 Å². The van der Waals surface area contributed by atoms with E-state index in [1.54, 1.807) is 0 Å². The summed E-state index contributed by atoms with van der Waals surface area (Å²) in [5.41, 5.74) is 0.984. The summed E-state index contributed by atoms with van der Waals surface area (Å²) in [6, 6.07) is 0. The molecule has 0 radical (unpaired) electrons. The number of aromatic nitrogens is 2. The Kier molecular flexibility index (Phi) is 2.93. The molecule has 2 heterocycles. The second-order valence-corrected chi connectivity index (χ2v) is 4.02. The van der Waals surface area contributed by atoms with Crippen LogP contribution in [-0.4, -0.2) is 22.8 Å². The fourth-order valence-corrected chi connectivity index (χ4v) is 1.96. The van der Waals surface area contributed by atoms with Crippen LogP contribution in [0.4, 0.5) is 5.82 Å². The fraction of sp³-hybridized carbons (Fsp3) is 0.333. The molecule has 74 valence electrons. The Morgan fingerprint density at radius 2 is 2.29 bits per heavy atom. The molecular formula is C9H10ClN3S. The Morgan fingerprint density at radius 3 is 3.07 bits per heavy atom. The van der Waals surface area contributed by atoms with E-state index in [9.17, 15) is 0 Å². The predicted molar refractivity (Wildman–Crippen MR) is 60.2 cm³/mol. The topological polar surface area (TPSA) is 37.8 Å². The third kappa shape index (κ3) is 1.86. The minimum Gasteiger partial charge on any atom is -0.366 e. The number of allylic oxidation sites excluding steroid dienone is 1. The average Bonchev–Trinajstić information content (AvgIpc) is 2.42. The molecule has 1 aromatic rings. The lowest BCUT2D eigenvalue weighted by molar-refractivity contribution is 0.946. The van der Waals surface area contributed by atoms with E-state index < -0.39 is 0 Å². The molecule has 0 fully saturated rings. The number of halogens is 1. The van der Waals surface area contributed by atoms with Crippen molar-refractivity contribution < 1.29 is 0 Å². The number of hydrogen-bond acceptors (Lipinski definition) is 4. The molecule has 0 unspecified atom stereocenters. The molecule has 0 spiro atoms. The van der Waals surface area contributed by atoms with Gasteiger partial charge >= 0.3 is 0 Å². The minimum absolute atomic E-state index is 0.554. The van der Waals surface area contributed by atoms with E-state index in [4.69, 9.17) is 11.6 Å². The molecule has 1 aromatic heterocycles. The zero-order valence-electron chi connectivity index (χ0n) is 7.75. The highest BCUT2D eigenvalue weighted by atomic mass is 35.5. The lowest BCUT2D eigenvalue weighted by Crippen LogP contribution is -2.04. The number of anilines is 1. The summed E-state index contributed by atoms with van der Waals surface area (Å²) in [6.45, 7) is 0.800. The standard InChI is InChI=1S/C9H10ClN3S/c1-14-9-12-7(10)6-4-2-3-5-11-8(6)13-9/h2-3H,4-5H2,1H3,(H,11,12,13). The van der Waals surface area contributed by atoms with Crippen LogP contribution >= 0.6 is 23.4 Å². The van der Waals surface area contributed by atoms with Gasteiger partial charge in [0.1, 0.15) is 11.0 Å². The number of nitrogens with one attached hydrogen (secondary N) is 1. The fourth-order valence-electron chi connectivity index (χ4n) is 1.30. The first-order chi connectivity index (χ1) is 6.81. The van der Waals surface area contributed by atoms with E-state index in [0.717, 1.165) is 24.3 Å². The molecule has 3 nitrogen and oxygen atoms in total. The Bertz CT molecular complexity index is 379. The molecule has 0 bridgehead atoms. The number of hydrogen-bond donors (Lipinski definition) is 1. The van der Waals surface area contributed by atoms with Crippen molar-refractivity contribution in [3.63, 3.8) is 0 Å². The van der Waals surface area contributed by atoms with Crippen molar-refractivity contribution in [3.05, 3.63) is 22.9 Å². The quantitative estimate of drug-likeness (QED) is 0.346. The van der Waals surface area contributed by atoms with Crippen molar-refractivity contribution in [1.29, 1.82) is 0 Å². The molecule has 14 heavy (non-hydrogen) atoms. The van der Waals surface area contributed by atoms with Gasteiger partial charge in [-0.25, -0.2) is 9.97 Å². The number of rotatable bonds is 1. The van der Waals surface area contributed by atoms with E-state index in [0.29, 0.717) is 10.3 Å². The molecular weight excluding hydrogens is 218 g/mol. The van der Waals surface area contributed by atoms with Crippen LogP contribution in [0.1, 0.15) is 5.56 Å². The van der Waals surface area contributed by atoms with Crippen molar-refractivity contribution in [1.82, 2.24) is 9.97 Å². The second kappa shape index (κ2) is 4.19. The maximum absolute atomic E-state index is 6.06. The Labute approximate surface area is 92.0 Å². The van der Waals surface area contributed by atoms with E-state index in [1.807, 2.05) is 6.26 Å². The van der Waals surface area contributed by atoms with Gasteiger partial charge in [0.2, 0.25) is 0 Å². The molecule has 1 aliphatic rings. The van der Waals surface area contributed by atoms with E-state index in [-0.39, 0.29) is 0 Å². The molecule has 0 aromatic carbocycles. The summed E-state index contributed by atoms with van der Waals surface area (Å²) >= 11 is 7.56. The largest absolute Gasteiger partial charge is 0.366 e. The highest BCUT2D eigenvalue weighted by molar-refractivity contribution is 7.98. The monoisotopic (exact) mass is 227 g/mol. The van der Waals surface area contributed by atoms with E-state index in [1.165, 1.54) is 11.8 Å². The first kappa shape index (κ1) is 9.80. The van der Waals surface area contributed by atoms with Crippen molar-refractivity contribution in [2.45, 2.75) is 11.6 Å². The third-order valence-electron chi connectivity index (χ3n) is 1.99. The Hall–Kier alpha value is -0.740. The van der Waals surface area contributed by atoms with Crippen LogP contribution in [0.5, 0.6) is 0 Å². The summed E-state index contributed by atoms with van der Waals surface area (Å²) in [5.74, 6) is 0.861. The molecule has 0 amide bonds. The maximum Gasteiger partial charge on any atom is 0.190 e. The van der Waals surface area contributed by atoms with Gasteiger partial charge in [-0.15, -0.1) is 0 Å². The summed E-state index contributed by atoms with van der Waals surface area (Å²) in [7, 11) is 0. The Balaban J connectivity index is 2.47. The molecule has 0 atom stereocenters. The molecule has 2 rings (SSSR count). The summed E-state index contributed by atoms with van der Waals surface area (Å²) in [5, 5.41) is 4.47. The van der Waals surface area contributed by atoms with E-state index in [2.05, 4.69) is 27.4 Å². The predicted octanol–water partition coefficient (Wildman–Crippen LogP) is 2.38. The average molecular weight is 228 g/mol. The smallest absolute Gasteiger partial charge is 0.190 e. The van der Waals surface area contributed by atoms with Crippen molar-refractivity contribution in [2.24, 2.45) is 0 Å². The minimum atomic E-state index is 0.554. The van der Waals surface area contributed by atoms with Crippen LogP contribution < -0.4 is 5.32 Å². The SMILES string of the molecule is CSc1nc(Cl)c2c(n1)NCC=CC2. The highest BCUT2D eigenvalue weighted by Gasteiger charge is 2.12.